The summed E-state index contributed by atoms with van der Waals surface area (Å²) in [7, 11) is 0. The Hall–Kier alpha value is -2.42. The number of amides is 2. The molecule has 8 heteroatoms. The summed E-state index contributed by atoms with van der Waals surface area (Å²) in [6.45, 7) is 3.34. The van der Waals surface area contributed by atoms with Crippen molar-refractivity contribution in [3.63, 3.8) is 0 Å². The zero-order chi connectivity index (χ0) is 25.1. The number of aliphatic hydroxyl groups is 1. The second-order valence-electron chi connectivity index (χ2n) is 10.1. The van der Waals surface area contributed by atoms with E-state index in [0.717, 1.165) is 35.7 Å². The highest BCUT2D eigenvalue weighted by molar-refractivity contribution is 7.98. The molecule has 3 aliphatic rings. The minimum Gasteiger partial charge on any atom is -0.372 e. The monoisotopic (exact) mass is 511 g/mol. The Labute approximate surface area is 216 Å². The van der Waals surface area contributed by atoms with E-state index in [4.69, 9.17) is 0 Å². The van der Waals surface area contributed by atoms with Gasteiger partial charge in [0, 0.05) is 35.7 Å². The molecule has 2 fully saturated rings. The first-order valence-electron chi connectivity index (χ1n) is 13.0. The number of carbonyl (C=O) groups is 2. The zero-order valence-electron chi connectivity index (χ0n) is 20.5. The number of piperidine rings is 1. The van der Waals surface area contributed by atoms with Gasteiger partial charge in [-0.3, -0.25) is 14.5 Å². The number of carbonyl (C=O) groups excluding carboxylic acids is 2. The molecule has 0 bridgehead atoms. The van der Waals surface area contributed by atoms with Crippen LogP contribution in [0.2, 0.25) is 0 Å². The van der Waals surface area contributed by atoms with Crippen molar-refractivity contribution in [3.8, 4) is 0 Å². The van der Waals surface area contributed by atoms with E-state index in [1.54, 1.807) is 17.0 Å². The van der Waals surface area contributed by atoms with Crippen molar-refractivity contribution in [3.05, 3.63) is 64.5 Å². The SMILES string of the molecule is O=C1CCC(N2Cc3c(SCc4ccc(CN5CCCCCCC5)cc4F)cccc3C2=O)C(O)N1. The number of nitrogens with zero attached hydrogens (tertiary/aromatic N) is 2. The van der Waals surface area contributed by atoms with Gasteiger partial charge in [0.05, 0.1) is 6.04 Å². The quantitative estimate of drug-likeness (QED) is 0.561. The van der Waals surface area contributed by atoms with Gasteiger partial charge in [0.25, 0.3) is 5.91 Å². The second kappa shape index (κ2) is 11.3. The highest BCUT2D eigenvalue weighted by Crippen LogP contribution is 2.36. The molecule has 36 heavy (non-hydrogen) atoms. The minimum absolute atomic E-state index is 0.132. The van der Waals surface area contributed by atoms with Crippen molar-refractivity contribution in [2.45, 2.75) is 81.0 Å². The van der Waals surface area contributed by atoms with Crippen LogP contribution in [0.25, 0.3) is 0 Å². The highest BCUT2D eigenvalue weighted by atomic mass is 32.2. The van der Waals surface area contributed by atoms with E-state index >= 15 is 4.39 Å². The van der Waals surface area contributed by atoms with E-state index < -0.39 is 12.3 Å². The normalized spacial score (nSPS) is 23.2. The highest BCUT2D eigenvalue weighted by Gasteiger charge is 2.39. The number of rotatable bonds is 6. The largest absolute Gasteiger partial charge is 0.372 e. The number of benzene rings is 2. The van der Waals surface area contributed by atoms with Crippen molar-refractivity contribution in [2.75, 3.05) is 13.1 Å². The van der Waals surface area contributed by atoms with Gasteiger partial charge in [0.15, 0.2) is 0 Å². The number of fused-ring (bicyclic) bond motifs is 1. The molecule has 2 aromatic rings. The van der Waals surface area contributed by atoms with Crippen molar-refractivity contribution in [2.24, 2.45) is 0 Å². The number of hydrogen-bond donors (Lipinski definition) is 2. The average Bonchev–Trinajstić information content (AvgIpc) is 3.17. The van der Waals surface area contributed by atoms with Crippen molar-refractivity contribution >= 4 is 23.6 Å². The van der Waals surface area contributed by atoms with E-state index in [-0.39, 0.29) is 24.1 Å². The Balaban J connectivity index is 1.23. The maximum Gasteiger partial charge on any atom is 0.254 e. The second-order valence-corrected chi connectivity index (χ2v) is 11.1. The summed E-state index contributed by atoms with van der Waals surface area (Å²) in [4.78, 5) is 29.7. The number of aliphatic hydroxyl groups excluding tert-OH is 1. The molecule has 3 heterocycles. The van der Waals surface area contributed by atoms with Crippen LogP contribution < -0.4 is 5.32 Å². The van der Waals surface area contributed by atoms with E-state index in [9.17, 15) is 14.7 Å². The predicted molar refractivity (Wildman–Crippen MR) is 138 cm³/mol. The molecule has 6 nitrogen and oxygen atoms in total. The molecule has 0 spiro atoms. The number of halogens is 1. The van der Waals surface area contributed by atoms with Crippen LogP contribution in [0.4, 0.5) is 4.39 Å². The lowest BCUT2D eigenvalue weighted by atomic mass is 10.0. The number of nitrogens with one attached hydrogen (secondary N) is 1. The first-order chi connectivity index (χ1) is 17.5. The molecule has 2 aromatic carbocycles. The average molecular weight is 512 g/mol. The number of hydrogen-bond acceptors (Lipinski definition) is 5. The van der Waals surface area contributed by atoms with Crippen molar-refractivity contribution in [1.82, 2.24) is 15.1 Å². The minimum atomic E-state index is -1.06. The topological polar surface area (TPSA) is 72.9 Å². The van der Waals surface area contributed by atoms with Crippen LogP contribution in [0.3, 0.4) is 0 Å². The molecule has 0 saturated carbocycles. The molecule has 192 valence electrons. The summed E-state index contributed by atoms with van der Waals surface area (Å²) in [6.07, 6.45) is 5.98. The smallest absolute Gasteiger partial charge is 0.254 e. The number of thioether (sulfide) groups is 1. The van der Waals surface area contributed by atoms with Crippen LogP contribution in [0, 0.1) is 5.82 Å². The summed E-state index contributed by atoms with van der Waals surface area (Å²) in [5.74, 6) is -0.0392. The van der Waals surface area contributed by atoms with Gasteiger partial charge in [-0.2, -0.15) is 0 Å². The summed E-state index contributed by atoms with van der Waals surface area (Å²) >= 11 is 1.53. The first kappa shape index (κ1) is 25.2. The fraction of sp³-hybridized carbons (Fsp3) is 0.500. The lowest BCUT2D eigenvalue weighted by molar-refractivity contribution is -0.129. The molecule has 2 unspecified atom stereocenters. The van der Waals surface area contributed by atoms with Gasteiger partial charge in [-0.25, -0.2) is 4.39 Å². The molecular formula is C28H34FN3O3S. The van der Waals surface area contributed by atoms with Gasteiger partial charge in [0.1, 0.15) is 12.0 Å². The van der Waals surface area contributed by atoms with Crippen LogP contribution >= 0.6 is 11.8 Å². The third-order valence-electron chi connectivity index (χ3n) is 7.55. The van der Waals surface area contributed by atoms with Crippen LogP contribution in [0.5, 0.6) is 0 Å². The molecule has 5 rings (SSSR count). The lowest BCUT2D eigenvalue weighted by Crippen LogP contribution is -2.55. The van der Waals surface area contributed by atoms with Gasteiger partial charge in [0.2, 0.25) is 5.91 Å². The van der Waals surface area contributed by atoms with Crippen LogP contribution in [0.15, 0.2) is 41.3 Å². The molecule has 0 aromatic heterocycles. The molecule has 2 atom stereocenters. The van der Waals surface area contributed by atoms with Crippen LogP contribution in [0.1, 0.15) is 72.0 Å². The van der Waals surface area contributed by atoms with E-state index in [2.05, 4.69) is 10.2 Å². The van der Waals surface area contributed by atoms with E-state index in [1.807, 2.05) is 24.3 Å². The zero-order valence-corrected chi connectivity index (χ0v) is 21.4. The summed E-state index contributed by atoms with van der Waals surface area (Å²) < 4.78 is 15.0. The molecular weight excluding hydrogens is 477 g/mol. The third kappa shape index (κ3) is 5.61. The summed E-state index contributed by atoms with van der Waals surface area (Å²) in [5, 5.41) is 12.9. The Kier molecular flexibility index (Phi) is 7.93. The predicted octanol–water partition coefficient (Wildman–Crippen LogP) is 4.44. The fourth-order valence-electron chi connectivity index (χ4n) is 5.52. The van der Waals surface area contributed by atoms with Gasteiger partial charge in [-0.05, 0) is 67.2 Å². The van der Waals surface area contributed by atoms with Gasteiger partial charge in [-0.1, -0.05) is 37.5 Å². The van der Waals surface area contributed by atoms with Gasteiger partial charge in [-0.15, -0.1) is 11.8 Å². The maximum atomic E-state index is 15.0. The molecule has 0 aliphatic carbocycles. The fourth-order valence-corrected chi connectivity index (χ4v) is 6.59. The Morgan fingerprint density at radius 2 is 1.83 bits per heavy atom. The van der Waals surface area contributed by atoms with Crippen LogP contribution in [-0.4, -0.2) is 52.1 Å². The Bertz CT molecular complexity index is 1120. The van der Waals surface area contributed by atoms with Crippen LogP contribution in [-0.2, 0) is 23.6 Å². The van der Waals surface area contributed by atoms with Gasteiger partial charge < -0.3 is 15.3 Å². The molecule has 0 radical (unpaired) electrons. The van der Waals surface area contributed by atoms with E-state index in [1.165, 1.54) is 43.9 Å². The van der Waals surface area contributed by atoms with Crippen molar-refractivity contribution in [1.29, 1.82) is 0 Å². The summed E-state index contributed by atoms with van der Waals surface area (Å²) in [6, 6.07) is 10.8. The van der Waals surface area contributed by atoms with Crippen molar-refractivity contribution < 1.29 is 19.1 Å². The Morgan fingerprint density at radius 3 is 2.58 bits per heavy atom. The third-order valence-corrected chi connectivity index (χ3v) is 8.70. The standard InChI is InChI=1S/C28H34FN3O3S/c29-23-15-19(16-31-13-4-2-1-3-5-14-31)9-10-20(23)18-36-25-8-6-7-21-22(25)17-32(28(21)35)24-11-12-26(33)30-27(24)34/h6-10,15,24,27,34H,1-5,11-14,16-18H2,(H,30,33). The lowest BCUT2D eigenvalue weighted by Gasteiger charge is -2.35. The first-order valence-corrected chi connectivity index (χ1v) is 14.0. The molecule has 2 saturated heterocycles. The number of likely N-dealkylation sites (tertiary alicyclic amines) is 1. The molecule has 3 aliphatic heterocycles. The molecule has 2 amide bonds. The Morgan fingerprint density at radius 1 is 1.06 bits per heavy atom. The maximum absolute atomic E-state index is 15.0. The van der Waals surface area contributed by atoms with Gasteiger partial charge >= 0.3 is 0 Å². The molecule has 2 N–H and O–H groups in total. The summed E-state index contributed by atoms with van der Waals surface area (Å²) in [5.41, 5.74) is 3.20. The van der Waals surface area contributed by atoms with E-state index in [0.29, 0.717) is 29.8 Å².